The van der Waals surface area contributed by atoms with Crippen molar-refractivity contribution in [2.45, 2.75) is 6.10 Å². The molecule has 1 aromatic rings. The van der Waals surface area contributed by atoms with Crippen molar-refractivity contribution in [3.8, 4) is 0 Å². The van der Waals surface area contributed by atoms with Gasteiger partial charge >= 0.3 is 0 Å². The second-order valence-corrected chi connectivity index (χ2v) is 1.53. The van der Waals surface area contributed by atoms with Crippen LogP contribution in [-0.4, -0.2) is 5.11 Å². The average Bonchev–Trinajstić information content (AvgIpc) is 2.12. The highest BCUT2D eigenvalue weighted by Gasteiger charge is 2.00. The van der Waals surface area contributed by atoms with Gasteiger partial charge in [-0.1, -0.05) is 0 Å². The summed E-state index contributed by atoms with van der Waals surface area (Å²) in [7, 11) is 0. The van der Waals surface area contributed by atoms with E-state index in [4.69, 9.17) is 9.52 Å². The Morgan fingerprint density at radius 1 is 1.75 bits per heavy atom. The minimum atomic E-state index is -0.731. The van der Waals surface area contributed by atoms with Gasteiger partial charge < -0.3 is 9.52 Å². The molecule has 1 heterocycles. The Kier molecular flexibility index (Phi) is 1.35. The quantitative estimate of drug-likeness (QED) is 0.589. The van der Waals surface area contributed by atoms with Crippen molar-refractivity contribution in [3.63, 3.8) is 0 Å². The van der Waals surface area contributed by atoms with Crippen LogP contribution in [0.1, 0.15) is 11.9 Å². The lowest BCUT2D eigenvalue weighted by Gasteiger charge is -1.94. The summed E-state index contributed by atoms with van der Waals surface area (Å²) < 4.78 is 4.78. The van der Waals surface area contributed by atoms with Crippen LogP contribution in [0.2, 0.25) is 0 Å². The van der Waals surface area contributed by atoms with Crippen LogP contribution in [0.15, 0.2) is 22.8 Å². The molecule has 1 rings (SSSR count). The van der Waals surface area contributed by atoms with E-state index in [1.54, 1.807) is 12.1 Å². The van der Waals surface area contributed by atoms with Gasteiger partial charge in [-0.05, 0) is 19.1 Å². The minimum Gasteiger partial charge on any atom is -0.467 e. The number of rotatable bonds is 1. The van der Waals surface area contributed by atoms with Crippen LogP contribution < -0.4 is 0 Å². The maximum Gasteiger partial charge on any atom is 0.132 e. The third kappa shape index (κ3) is 0.898. The molecular weight excluding hydrogens is 104 g/mol. The number of aliphatic hydroxyl groups is 1. The van der Waals surface area contributed by atoms with E-state index in [9.17, 15) is 0 Å². The fourth-order valence-corrected chi connectivity index (χ4v) is 0.481. The molecule has 0 fully saturated rings. The van der Waals surface area contributed by atoms with Crippen molar-refractivity contribution >= 4 is 0 Å². The summed E-state index contributed by atoms with van der Waals surface area (Å²) in [6.07, 6.45) is 0.772. The van der Waals surface area contributed by atoms with Crippen molar-refractivity contribution in [1.29, 1.82) is 0 Å². The highest BCUT2D eigenvalue weighted by molar-refractivity contribution is 5.02. The lowest BCUT2D eigenvalue weighted by molar-refractivity contribution is 0.194. The van der Waals surface area contributed by atoms with E-state index >= 15 is 0 Å². The van der Waals surface area contributed by atoms with Gasteiger partial charge in [0.2, 0.25) is 0 Å². The Morgan fingerprint density at radius 3 is 2.75 bits per heavy atom. The lowest BCUT2D eigenvalue weighted by atomic mass is 10.3. The molecule has 0 saturated heterocycles. The van der Waals surface area contributed by atoms with Crippen LogP contribution >= 0.6 is 0 Å². The Labute approximate surface area is 47.7 Å². The van der Waals surface area contributed by atoms with Gasteiger partial charge in [-0.25, -0.2) is 0 Å². The van der Waals surface area contributed by atoms with Crippen molar-refractivity contribution in [3.05, 3.63) is 31.1 Å². The van der Waals surface area contributed by atoms with Crippen LogP contribution in [0.4, 0.5) is 0 Å². The van der Waals surface area contributed by atoms with Crippen molar-refractivity contribution in [2.24, 2.45) is 0 Å². The van der Waals surface area contributed by atoms with E-state index in [0.29, 0.717) is 5.76 Å². The van der Waals surface area contributed by atoms with E-state index in [1.807, 2.05) is 0 Å². The summed E-state index contributed by atoms with van der Waals surface area (Å²) >= 11 is 0. The van der Waals surface area contributed by atoms with Crippen LogP contribution in [0, 0.1) is 6.92 Å². The van der Waals surface area contributed by atoms with Gasteiger partial charge in [-0.2, -0.15) is 0 Å². The summed E-state index contributed by atoms with van der Waals surface area (Å²) in [6.45, 7) is 3.34. The first-order chi connectivity index (χ1) is 3.80. The van der Waals surface area contributed by atoms with Crippen LogP contribution in [-0.2, 0) is 0 Å². The third-order valence-electron chi connectivity index (χ3n) is 0.872. The Morgan fingerprint density at radius 2 is 2.50 bits per heavy atom. The molecule has 0 spiro atoms. The zero-order valence-electron chi connectivity index (χ0n) is 4.37. The number of hydrogen-bond acceptors (Lipinski definition) is 2. The molecule has 0 aliphatic carbocycles. The molecule has 2 nitrogen and oxygen atoms in total. The normalized spacial score (nSPS) is 13.8. The Hall–Kier alpha value is -0.760. The number of furan rings is 1. The number of aliphatic hydroxyl groups excluding tert-OH is 1. The van der Waals surface area contributed by atoms with Crippen molar-refractivity contribution in [2.75, 3.05) is 0 Å². The zero-order valence-corrected chi connectivity index (χ0v) is 4.37. The predicted molar refractivity (Wildman–Crippen MR) is 29.0 cm³/mol. The first-order valence-corrected chi connectivity index (χ1v) is 2.35. The number of hydrogen-bond donors (Lipinski definition) is 1. The molecule has 0 bridgehead atoms. The van der Waals surface area contributed by atoms with Crippen LogP contribution in [0.25, 0.3) is 0 Å². The van der Waals surface area contributed by atoms with E-state index in [1.165, 1.54) is 6.26 Å². The van der Waals surface area contributed by atoms with Gasteiger partial charge in [0.05, 0.1) is 6.26 Å². The molecule has 1 aromatic heterocycles. The molecule has 1 radical (unpaired) electrons. The fourth-order valence-electron chi connectivity index (χ4n) is 0.481. The van der Waals surface area contributed by atoms with Gasteiger partial charge in [-0.3, -0.25) is 0 Å². The largest absolute Gasteiger partial charge is 0.467 e. The summed E-state index contributed by atoms with van der Waals surface area (Å²) in [4.78, 5) is 0. The van der Waals surface area contributed by atoms with Gasteiger partial charge in [0.1, 0.15) is 11.9 Å². The molecule has 2 heteroatoms. The van der Waals surface area contributed by atoms with Crippen molar-refractivity contribution in [1.82, 2.24) is 0 Å². The third-order valence-corrected chi connectivity index (χ3v) is 0.872. The average molecular weight is 111 g/mol. The van der Waals surface area contributed by atoms with E-state index in [2.05, 4.69) is 6.92 Å². The summed E-state index contributed by atoms with van der Waals surface area (Å²) in [5.41, 5.74) is 0. The maximum atomic E-state index is 8.71. The zero-order chi connectivity index (χ0) is 5.98. The molecule has 1 atom stereocenters. The molecule has 0 aliphatic heterocycles. The van der Waals surface area contributed by atoms with Crippen LogP contribution in [0.3, 0.4) is 0 Å². The minimum absolute atomic E-state index is 0.505. The second kappa shape index (κ2) is 2.01. The highest BCUT2D eigenvalue weighted by atomic mass is 16.4. The Balaban J connectivity index is 2.77. The summed E-state index contributed by atoms with van der Waals surface area (Å²) in [6, 6.07) is 3.39. The molecule has 0 amide bonds. The molecule has 0 aliphatic rings. The van der Waals surface area contributed by atoms with Crippen LogP contribution in [0.5, 0.6) is 0 Å². The smallest absolute Gasteiger partial charge is 0.132 e. The fraction of sp³-hybridized carbons (Fsp3) is 0.167. The van der Waals surface area contributed by atoms with Gasteiger partial charge in [0.25, 0.3) is 0 Å². The van der Waals surface area contributed by atoms with Gasteiger partial charge in [0, 0.05) is 0 Å². The van der Waals surface area contributed by atoms with Gasteiger partial charge in [-0.15, -0.1) is 0 Å². The van der Waals surface area contributed by atoms with Crippen molar-refractivity contribution < 1.29 is 9.52 Å². The molecule has 0 aromatic carbocycles. The summed E-state index contributed by atoms with van der Waals surface area (Å²) in [5.74, 6) is 0.505. The Bertz CT molecular complexity index is 142. The molecule has 1 N–H and O–H groups in total. The highest BCUT2D eigenvalue weighted by Crippen LogP contribution is 2.09. The topological polar surface area (TPSA) is 33.4 Å². The molecule has 1 unspecified atom stereocenters. The SMILES string of the molecule is [CH2]C(O)c1ccco1. The second-order valence-electron chi connectivity index (χ2n) is 1.53. The maximum absolute atomic E-state index is 8.71. The first kappa shape index (κ1) is 5.38. The predicted octanol–water partition coefficient (Wildman–Crippen LogP) is 1.15. The first-order valence-electron chi connectivity index (χ1n) is 2.35. The molecule has 8 heavy (non-hydrogen) atoms. The van der Waals surface area contributed by atoms with Gasteiger partial charge in [0.15, 0.2) is 0 Å². The molecule has 43 valence electrons. The molecule has 0 saturated carbocycles. The standard InChI is InChI=1S/C6H7O2/c1-5(7)6-3-2-4-8-6/h2-5,7H,1H2. The lowest BCUT2D eigenvalue weighted by Crippen LogP contribution is -1.85. The van der Waals surface area contributed by atoms with E-state index in [-0.39, 0.29) is 0 Å². The van der Waals surface area contributed by atoms with E-state index < -0.39 is 6.10 Å². The summed E-state index contributed by atoms with van der Waals surface area (Å²) in [5, 5.41) is 8.71. The monoisotopic (exact) mass is 111 g/mol. The van der Waals surface area contributed by atoms with E-state index in [0.717, 1.165) is 0 Å². The molecular formula is C6H7O2.